The molecule has 0 aromatic heterocycles. The van der Waals surface area contributed by atoms with Crippen LogP contribution in [-0.4, -0.2) is 44.1 Å². The standard InChI is InChI=1S/C26H29N3O2/c1-31-25-12-10-24(11-13-25)29-16-14-28(15-17-29)20-22-8-5-9-23(18-22)26(30)27-19-21-6-3-2-4-7-21/h2-13,18H,14-17,19-20H2,1H3,(H,27,30). The zero-order chi connectivity index (χ0) is 21.5. The molecule has 0 unspecified atom stereocenters. The zero-order valence-electron chi connectivity index (χ0n) is 18.0. The SMILES string of the molecule is COc1ccc(N2CCN(Cc3cccc(C(=O)NCc4ccccc4)c3)CC2)cc1. The van der Waals surface area contributed by atoms with Crippen molar-refractivity contribution in [1.29, 1.82) is 0 Å². The summed E-state index contributed by atoms with van der Waals surface area (Å²) >= 11 is 0. The summed E-state index contributed by atoms with van der Waals surface area (Å²) in [7, 11) is 1.69. The van der Waals surface area contributed by atoms with Gasteiger partial charge in [-0.15, -0.1) is 0 Å². The summed E-state index contributed by atoms with van der Waals surface area (Å²) in [4.78, 5) is 17.4. The number of methoxy groups -OCH3 is 1. The Morgan fingerprint density at radius 1 is 0.871 bits per heavy atom. The van der Waals surface area contributed by atoms with Gasteiger partial charge in [0, 0.05) is 50.5 Å². The van der Waals surface area contributed by atoms with Gasteiger partial charge in [-0.2, -0.15) is 0 Å². The maximum atomic E-state index is 12.6. The van der Waals surface area contributed by atoms with E-state index in [2.05, 4.69) is 33.3 Å². The molecule has 0 spiro atoms. The van der Waals surface area contributed by atoms with Gasteiger partial charge in [-0.1, -0.05) is 42.5 Å². The lowest BCUT2D eigenvalue weighted by molar-refractivity contribution is 0.0950. The highest BCUT2D eigenvalue weighted by Crippen LogP contribution is 2.21. The van der Waals surface area contributed by atoms with Crippen molar-refractivity contribution in [3.05, 3.63) is 95.6 Å². The highest BCUT2D eigenvalue weighted by atomic mass is 16.5. The number of ether oxygens (including phenoxy) is 1. The predicted octanol–water partition coefficient (Wildman–Crippen LogP) is 3.95. The Labute approximate surface area is 184 Å². The van der Waals surface area contributed by atoms with Crippen molar-refractivity contribution in [3.8, 4) is 5.75 Å². The third kappa shape index (κ3) is 5.64. The molecule has 5 heteroatoms. The van der Waals surface area contributed by atoms with E-state index >= 15 is 0 Å². The summed E-state index contributed by atoms with van der Waals surface area (Å²) in [5.41, 5.74) is 4.22. The van der Waals surface area contributed by atoms with Gasteiger partial charge in [-0.25, -0.2) is 0 Å². The summed E-state index contributed by atoms with van der Waals surface area (Å²) < 4.78 is 5.25. The normalized spacial score (nSPS) is 14.3. The molecule has 1 aliphatic rings. The lowest BCUT2D eigenvalue weighted by Crippen LogP contribution is -2.45. The summed E-state index contributed by atoms with van der Waals surface area (Å²) in [5.74, 6) is 0.852. The van der Waals surface area contributed by atoms with Gasteiger partial charge in [-0.05, 0) is 47.5 Å². The lowest BCUT2D eigenvalue weighted by Gasteiger charge is -2.36. The van der Waals surface area contributed by atoms with Gasteiger partial charge >= 0.3 is 0 Å². The van der Waals surface area contributed by atoms with Crippen molar-refractivity contribution < 1.29 is 9.53 Å². The Morgan fingerprint density at radius 2 is 1.58 bits per heavy atom. The quantitative estimate of drug-likeness (QED) is 0.635. The van der Waals surface area contributed by atoms with Crippen molar-refractivity contribution in [2.24, 2.45) is 0 Å². The first kappa shape index (κ1) is 20.9. The molecular weight excluding hydrogens is 386 g/mol. The van der Waals surface area contributed by atoms with Gasteiger partial charge in [0.15, 0.2) is 0 Å². The molecule has 1 aliphatic heterocycles. The molecule has 0 saturated carbocycles. The van der Waals surface area contributed by atoms with Crippen molar-refractivity contribution in [2.75, 3.05) is 38.2 Å². The van der Waals surface area contributed by atoms with E-state index in [1.165, 1.54) is 11.3 Å². The van der Waals surface area contributed by atoms with E-state index in [0.29, 0.717) is 12.1 Å². The maximum Gasteiger partial charge on any atom is 0.251 e. The van der Waals surface area contributed by atoms with Gasteiger partial charge in [-0.3, -0.25) is 9.69 Å². The Kier molecular flexibility index (Phi) is 6.85. The number of carbonyl (C=O) groups excluding carboxylic acids is 1. The Hall–Kier alpha value is -3.31. The minimum Gasteiger partial charge on any atom is -0.497 e. The Bertz CT molecular complexity index is 981. The third-order valence-corrected chi connectivity index (χ3v) is 5.70. The first-order valence-corrected chi connectivity index (χ1v) is 10.7. The summed E-state index contributed by atoms with van der Waals surface area (Å²) in [6.07, 6.45) is 0. The van der Waals surface area contributed by atoms with Crippen LogP contribution in [0.5, 0.6) is 5.75 Å². The van der Waals surface area contributed by atoms with Gasteiger partial charge < -0.3 is 15.0 Å². The van der Waals surface area contributed by atoms with Crippen molar-refractivity contribution in [1.82, 2.24) is 10.2 Å². The molecule has 160 valence electrons. The molecule has 3 aromatic rings. The second-order valence-electron chi connectivity index (χ2n) is 7.83. The summed E-state index contributed by atoms with van der Waals surface area (Å²) in [6.45, 7) is 5.37. The van der Waals surface area contributed by atoms with Crippen molar-refractivity contribution in [2.45, 2.75) is 13.1 Å². The third-order valence-electron chi connectivity index (χ3n) is 5.70. The van der Waals surface area contributed by atoms with Crippen LogP contribution in [0.15, 0.2) is 78.9 Å². The highest BCUT2D eigenvalue weighted by molar-refractivity contribution is 5.94. The first-order chi connectivity index (χ1) is 15.2. The second kappa shape index (κ2) is 10.1. The lowest BCUT2D eigenvalue weighted by atomic mass is 10.1. The largest absolute Gasteiger partial charge is 0.497 e. The molecule has 0 radical (unpaired) electrons. The van der Waals surface area contributed by atoms with E-state index < -0.39 is 0 Å². The molecule has 0 atom stereocenters. The molecule has 1 amide bonds. The number of anilines is 1. The van der Waals surface area contributed by atoms with Crippen LogP contribution in [0.25, 0.3) is 0 Å². The minimum absolute atomic E-state index is 0.0324. The Morgan fingerprint density at radius 3 is 2.29 bits per heavy atom. The number of nitrogens with zero attached hydrogens (tertiary/aromatic N) is 2. The number of rotatable bonds is 7. The van der Waals surface area contributed by atoms with Gasteiger partial charge in [0.1, 0.15) is 5.75 Å². The molecular formula is C26H29N3O2. The topological polar surface area (TPSA) is 44.8 Å². The van der Waals surface area contributed by atoms with E-state index in [-0.39, 0.29) is 5.91 Å². The monoisotopic (exact) mass is 415 g/mol. The summed E-state index contributed by atoms with van der Waals surface area (Å²) in [6, 6.07) is 26.2. The fourth-order valence-corrected chi connectivity index (χ4v) is 3.91. The van der Waals surface area contributed by atoms with Crippen LogP contribution >= 0.6 is 0 Å². The molecule has 5 nitrogen and oxygen atoms in total. The molecule has 1 saturated heterocycles. The average molecular weight is 416 g/mol. The number of piperazine rings is 1. The smallest absolute Gasteiger partial charge is 0.251 e. The number of hydrogen-bond acceptors (Lipinski definition) is 4. The van der Waals surface area contributed by atoms with Crippen LogP contribution in [0, 0.1) is 0 Å². The Balaban J connectivity index is 1.29. The first-order valence-electron chi connectivity index (χ1n) is 10.7. The van der Waals surface area contributed by atoms with Crippen LogP contribution < -0.4 is 15.0 Å². The number of amides is 1. The molecule has 3 aromatic carbocycles. The second-order valence-corrected chi connectivity index (χ2v) is 7.83. The molecule has 31 heavy (non-hydrogen) atoms. The van der Waals surface area contributed by atoms with E-state index in [0.717, 1.165) is 44.0 Å². The van der Waals surface area contributed by atoms with Gasteiger partial charge in [0.25, 0.3) is 5.91 Å². The van der Waals surface area contributed by atoms with E-state index in [9.17, 15) is 4.79 Å². The molecule has 1 heterocycles. The van der Waals surface area contributed by atoms with Crippen molar-refractivity contribution in [3.63, 3.8) is 0 Å². The van der Waals surface area contributed by atoms with Crippen LogP contribution in [-0.2, 0) is 13.1 Å². The molecule has 4 rings (SSSR count). The maximum absolute atomic E-state index is 12.6. The van der Waals surface area contributed by atoms with E-state index in [1.807, 2.05) is 60.7 Å². The fraction of sp³-hybridized carbons (Fsp3) is 0.269. The van der Waals surface area contributed by atoms with Gasteiger partial charge in [0.2, 0.25) is 0 Å². The number of nitrogens with one attached hydrogen (secondary N) is 1. The van der Waals surface area contributed by atoms with E-state index in [1.54, 1.807) is 7.11 Å². The number of hydrogen-bond donors (Lipinski definition) is 1. The van der Waals surface area contributed by atoms with Crippen LogP contribution in [0.3, 0.4) is 0 Å². The van der Waals surface area contributed by atoms with Crippen LogP contribution in [0.2, 0.25) is 0 Å². The molecule has 0 aliphatic carbocycles. The highest BCUT2D eigenvalue weighted by Gasteiger charge is 2.18. The fourth-order valence-electron chi connectivity index (χ4n) is 3.91. The van der Waals surface area contributed by atoms with Gasteiger partial charge in [0.05, 0.1) is 7.11 Å². The number of benzene rings is 3. The predicted molar refractivity (Wildman–Crippen MR) is 125 cm³/mol. The average Bonchev–Trinajstić information content (AvgIpc) is 2.84. The molecule has 1 N–H and O–H groups in total. The molecule has 0 bridgehead atoms. The van der Waals surface area contributed by atoms with Crippen LogP contribution in [0.4, 0.5) is 5.69 Å². The van der Waals surface area contributed by atoms with Crippen molar-refractivity contribution >= 4 is 11.6 Å². The summed E-state index contributed by atoms with van der Waals surface area (Å²) in [5, 5.41) is 3.01. The van der Waals surface area contributed by atoms with E-state index in [4.69, 9.17) is 4.74 Å². The van der Waals surface area contributed by atoms with Crippen LogP contribution in [0.1, 0.15) is 21.5 Å². The molecule has 1 fully saturated rings. The zero-order valence-corrected chi connectivity index (χ0v) is 18.0. The number of carbonyl (C=O) groups is 1. The minimum atomic E-state index is -0.0324.